The molecule has 1 amide bonds. The molecule has 0 atom stereocenters. The first-order valence-corrected chi connectivity index (χ1v) is 11.5. The minimum absolute atomic E-state index is 0.0934. The SMILES string of the molecule is O=C(Nc1ccccc1)c1ccc(CSc2nnc(N3CCCC3)n2C2CC2)cc1. The van der Waals surface area contributed by atoms with Gasteiger partial charge in [0, 0.05) is 36.1 Å². The van der Waals surface area contributed by atoms with Crippen molar-refractivity contribution in [2.45, 2.75) is 42.6 Å². The lowest BCUT2D eigenvalue weighted by molar-refractivity contribution is 0.102. The summed E-state index contributed by atoms with van der Waals surface area (Å²) in [4.78, 5) is 14.8. The van der Waals surface area contributed by atoms with Crippen LogP contribution >= 0.6 is 11.8 Å². The maximum absolute atomic E-state index is 12.4. The molecule has 2 fully saturated rings. The summed E-state index contributed by atoms with van der Waals surface area (Å²) in [6.45, 7) is 2.17. The van der Waals surface area contributed by atoms with Crippen LogP contribution in [0.3, 0.4) is 0 Å². The molecule has 2 heterocycles. The molecular formula is C23H25N5OS. The third-order valence-corrected chi connectivity index (χ3v) is 6.58. The van der Waals surface area contributed by atoms with Crippen LogP contribution in [0.1, 0.15) is 47.6 Å². The van der Waals surface area contributed by atoms with Crippen LogP contribution in [0, 0.1) is 0 Å². The van der Waals surface area contributed by atoms with Crippen molar-refractivity contribution in [3.05, 3.63) is 65.7 Å². The van der Waals surface area contributed by atoms with Gasteiger partial charge in [0.2, 0.25) is 5.95 Å². The number of hydrogen-bond acceptors (Lipinski definition) is 5. The molecule has 1 aliphatic heterocycles. The molecule has 1 saturated carbocycles. The minimum Gasteiger partial charge on any atom is -0.341 e. The van der Waals surface area contributed by atoms with Crippen molar-refractivity contribution < 1.29 is 4.79 Å². The number of nitrogens with zero attached hydrogens (tertiary/aromatic N) is 4. The van der Waals surface area contributed by atoms with Gasteiger partial charge >= 0.3 is 0 Å². The van der Waals surface area contributed by atoms with Crippen LogP contribution in [-0.4, -0.2) is 33.8 Å². The first-order chi connectivity index (χ1) is 14.8. The van der Waals surface area contributed by atoms with E-state index < -0.39 is 0 Å². The normalized spacial score (nSPS) is 16.1. The van der Waals surface area contributed by atoms with E-state index in [0.717, 1.165) is 35.6 Å². The van der Waals surface area contributed by atoms with Crippen LogP contribution in [0.2, 0.25) is 0 Å². The number of carbonyl (C=O) groups is 1. The van der Waals surface area contributed by atoms with Crippen molar-refractivity contribution in [1.29, 1.82) is 0 Å². The fourth-order valence-electron chi connectivity index (χ4n) is 3.78. The first kappa shape index (κ1) is 19.2. The third-order valence-electron chi connectivity index (χ3n) is 5.56. The van der Waals surface area contributed by atoms with Gasteiger partial charge in [0.15, 0.2) is 5.16 Å². The summed E-state index contributed by atoms with van der Waals surface area (Å²) >= 11 is 1.73. The lowest BCUT2D eigenvalue weighted by atomic mass is 10.1. The summed E-state index contributed by atoms with van der Waals surface area (Å²) < 4.78 is 2.34. The molecule has 0 unspecified atom stereocenters. The zero-order chi connectivity index (χ0) is 20.3. The van der Waals surface area contributed by atoms with Gasteiger partial charge in [-0.25, -0.2) is 0 Å². The van der Waals surface area contributed by atoms with Crippen molar-refractivity contribution in [2.75, 3.05) is 23.3 Å². The van der Waals surface area contributed by atoms with E-state index in [2.05, 4.69) is 25.0 Å². The van der Waals surface area contributed by atoms with E-state index in [1.54, 1.807) is 11.8 Å². The second kappa shape index (κ2) is 8.52. The van der Waals surface area contributed by atoms with Gasteiger partial charge in [-0.2, -0.15) is 0 Å². The summed E-state index contributed by atoms with van der Waals surface area (Å²) in [5.41, 5.74) is 2.63. The van der Waals surface area contributed by atoms with Crippen molar-refractivity contribution in [1.82, 2.24) is 14.8 Å². The molecule has 2 aliphatic rings. The number of aromatic nitrogens is 3. The zero-order valence-electron chi connectivity index (χ0n) is 16.8. The molecule has 5 rings (SSSR count). The molecule has 1 aromatic heterocycles. The van der Waals surface area contributed by atoms with E-state index in [1.165, 1.54) is 31.2 Å². The average molecular weight is 420 g/mol. The van der Waals surface area contributed by atoms with Crippen LogP contribution in [-0.2, 0) is 5.75 Å². The van der Waals surface area contributed by atoms with Crippen molar-refractivity contribution in [2.24, 2.45) is 0 Å². The second-order valence-corrected chi connectivity index (χ2v) is 8.83. The van der Waals surface area contributed by atoms with E-state index in [4.69, 9.17) is 0 Å². The van der Waals surface area contributed by atoms with Crippen LogP contribution in [0.25, 0.3) is 0 Å². The molecule has 1 aliphatic carbocycles. The minimum atomic E-state index is -0.0934. The van der Waals surface area contributed by atoms with Crippen molar-refractivity contribution >= 4 is 29.3 Å². The molecular weight excluding hydrogens is 394 g/mol. The van der Waals surface area contributed by atoms with Gasteiger partial charge < -0.3 is 10.2 Å². The van der Waals surface area contributed by atoms with E-state index >= 15 is 0 Å². The lowest BCUT2D eigenvalue weighted by Crippen LogP contribution is -2.22. The van der Waals surface area contributed by atoms with Crippen LogP contribution in [0.15, 0.2) is 59.8 Å². The Labute approximate surface area is 180 Å². The molecule has 3 aromatic rings. The summed E-state index contributed by atoms with van der Waals surface area (Å²) in [6.07, 6.45) is 4.92. The fourth-order valence-corrected chi connectivity index (χ4v) is 4.73. The number of carbonyl (C=O) groups excluding carboxylic acids is 1. The number of thioether (sulfide) groups is 1. The number of benzene rings is 2. The van der Waals surface area contributed by atoms with Gasteiger partial charge in [-0.05, 0) is 55.5 Å². The Bertz CT molecular complexity index is 1010. The molecule has 30 heavy (non-hydrogen) atoms. The summed E-state index contributed by atoms with van der Waals surface area (Å²) in [6, 6.07) is 17.9. The molecule has 0 bridgehead atoms. The highest BCUT2D eigenvalue weighted by atomic mass is 32.2. The smallest absolute Gasteiger partial charge is 0.255 e. The van der Waals surface area contributed by atoms with Crippen LogP contribution in [0.4, 0.5) is 11.6 Å². The lowest BCUT2D eigenvalue weighted by Gasteiger charge is -2.18. The maximum atomic E-state index is 12.4. The molecule has 0 radical (unpaired) electrons. The van der Waals surface area contributed by atoms with Gasteiger partial charge in [0.25, 0.3) is 5.91 Å². The predicted molar refractivity (Wildman–Crippen MR) is 120 cm³/mol. The van der Waals surface area contributed by atoms with E-state index in [-0.39, 0.29) is 5.91 Å². The van der Waals surface area contributed by atoms with Gasteiger partial charge in [0.1, 0.15) is 0 Å². The zero-order valence-corrected chi connectivity index (χ0v) is 17.6. The van der Waals surface area contributed by atoms with Gasteiger partial charge in [-0.15, -0.1) is 10.2 Å². The summed E-state index contributed by atoms with van der Waals surface area (Å²) in [7, 11) is 0. The molecule has 7 heteroatoms. The molecule has 6 nitrogen and oxygen atoms in total. The second-order valence-electron chi connectivity index (χ2n) is 7.88. The number of rotatable bonds is 7. The third kappa shape index (κ3) is 4.21. The highest BCUT2D eigenvalue weighted by molar-refractivity contribution is 7.98. The van der Waals surface area contributed by atoms with Gasteiger partial charge in [-0.3, -0.25) is 9.36 Å². The van der Waals surface area contributed by atoms with Gasteiger partial charge in [-0.1, -0.05) is 42.1 Å². The van der Waals surface area contributed by atoms with Crippen LogP contribution < -0.4 is 10.2 Å². The number of nitrogens with one attached hydrogen (secondary N) is 1. The number of amides is 1. The first-order valence-electron chi connectivity index (χ1n) is 10.6. The Morgan fingerprint density at radius 2 is 1.73 bits per heavy atom. The highest BCUT2D eigenvalue weighted by Gasteiger charge is 2.32. The highest BCUT2D eigenvalue weighted by Crippen LogP contribution is 2.41. The summed E-state index contributed by atoms with van der Waals surface area (Å²) in [5, 5.41) is 12.9. The Kier molecular flexibility index (Phi) is 5.45. The topological polar surface area (TPSA) is 63.1 Å². The monoisotopic (exact) mass is 419 g/mol. The van der Waals surface area contributed by atoms with Crippen LogP contribution in [0.5, 0.6) is 0 Å². The molecule has 0 spiro atoms. The Morgan fingerprint density at radius 3 is 2.43 bits per heavy atom. The van der Waals surface area contributed by atoms with E-state index in [9.17, 15) is 4.79 Å². The number of hydrogen-bond donors (Lipinski definition) is 1. The molecule has 1 N–H and O–H groups in total. The van der Waals surface area contributed by atoms with E-state index in [0.29, 0.717) is 11.6 Å². The van der Waals surface area contributed by atoms with Crippen molar-refractivity contribution in [3.8, 4) is 0 Å². The average Bonchev–Trinajstić information content (AvgIpc) is 3.30. The number of anilines is 2. The molecule has 1 saturated heterocycles. The van der Waals surface area contributed by atoms with Crippen molar-refractivity contribution in [3.63, 3.8) is 0 Å². The van der Waals surface area contributed by atoms with Gasteiger partial charge in [0.05, 0.1) is 0 Å². The quantitative estimate of drug-likeness (QED) is 0.560. The standard InChI is InChI=1S/C23H25N5OS/c29-21(24-19-6-2-1-3-7-19)18-10-8-17(9-11-18)16-30-23-26-25-22(27-14-4-5-15-27)28(23)20-12-13-20/h1-3,6-11,20H,4-5,12-16H2,(H,24,29). The predicted octanol–water partition coefficient (Wildman–Crippen LogP) is 4.76. The Balaban J connectivity index is 1.23. The fraction of sp³-hybridized carbons (Fsp3) is 0.348. The molecule has 154 valence electrons. The molecule has 2 aromatic carbocycles. The maximum Gasteiger partial charge on any atom is 0.255 e. The Hall–Kier alpha value is -2.80. The summed E-state index contributed by atoms with van der Waals surface area (Å²) in [5.74, 6) is 1.76. The largest absolute Gasteiger partial charge is 0.341 e. The number of para-hydroxylation sites is 1. The Morgan fingerprint density at radius 1 is 1.00 bits per heavy atom. The van der Waals surface area contributed by atoms with E-state index in [1.807, 2.05) is 54.6 Å².